The van der Waals surface area contributed by atoms with Crippen molar-refractivity contribution in [1.82, 2.24) is 0 Å². The van der Waals surface area contributed by atoms with Crippen molar-refractivity contribution in [3.63, 3.8) is 0 Å². The topological polar surface area (TPSA) is 0 Å². The van der Waals surface area contributed by atoms with Crippen LogP contribution < -0.4 is 0 Å². The second kappa shape index (κ2) is 2.68. The van der Waals surface area contributed by atoms with E-state index >= 15 is 0 Å². The van der Waals surface area contributed by atoms with E-state index in [2.05, 4.69) is 43.9 Å². The highest BCUT2D eigenvalue weighted by Gasteiger charge is 2.08. The molecule has 0 amide bonds. The molecule has 0 N–H and O–H groups in total. The fourth-order valence-electron chi connectivity index (χ4n) is 1.57. The van der Waals surface area contributed by atoms with Crippen LogP contribution in [0.2, 0.25) is 0 Å². The van der Waals surface area contributed by atoms with Crippen LogP contribution in [0.15, 0.2) is 18.2 Å². The van der Waals surface area contributed by atoms with Gasteiger partial charge in [0.05, 0.1) is 0 Å². The first kappa shape index (κ1) is 7.43. The molecule has 60 valence electrons. The molecule has 2 rings (SSSR count). The summed E-state index contributed by atoms with van der Waals surface area (Å²) in [7, 11) is 0. The summed E-state index contributed by atoms with van der Waals surface area (Å²) in [5.74, 6) is 6.95. The number of hydrogen-bond donors (Lipinski definition) is 0. The fourth-order valence-corrected chi connectivity index (χ4v) is 1.57. The molecule has 1 aliphatic rings. The number of benzene rings is 1. The Bertz CT molecular complexity index is 363. The summed E-state index contributed by atoms with van der Waals surface area (Å²) < 4.78 is 0. The van der Waals surface area contributed by atoms with Crippen LogP contribution in [0.3, 0.4) is 0 Å². The maximum atomic E-state index is 3.22. The third kappa shape index (κ3) is 1.23. The SMILES string of the molecule is Cc1ccc2c(c1)C#CC(C)C2. The molecular weight excluding hydrogens is 144 g/mol. The average molecular weight is 156 g/mol. The van der Waals surface area contributed by atoms with Gasteiger partial charge in [-0.1, -0.05) is 30.9 Å². The Kier molecular flexibility index (Phi) is 1.66. The summed E-state index contributed by atoms with van der Waals surface area (Å²) in [6.45, 7) is 4.29. The highest BCUT2D eigenvalue weighted by atomic mass is 14.1. The molecule has 1 aliphatic carbocycles. The van der Waals surface area contributed by atoms with Gasteiger partial charge < -0.3 is 0 Å². The first-order valence-corrected chi connectivity index (χ1v) is 4.37. The van der Waals surface area contributed by atoms with Gasteiger partial charge in [0.25, 0.3) is 0 Å². The van der Waals surface area contributed by atoms with Crippen molar-refractivity contribution in [3.05, 3.63) is 34.9 Å². The van der Waals surface area contributed by atoms with E-state index in [4.69, 9.17) is 0 Å². The zero-order valence-corrected chi connectivity index (χ0v) is 7.52. The van der Waals surface area contributed by atoms with Gasteiger partial charge in [0.2, 0.25) is 0 Å². The van der Waals surface area contributed by atoms with Gasteiger partial charge >= 0.3 is 0 Å². The summed E-state index contributed by atoms with van der Waals surface area (Å²) >= 11 is 0. The van der Waals surface area contributed by atoms with E-state index in [0.29, 0.717) is 5.92 Å². The zero-order chi connectivity index (χ0) is 8.55. The fraction of sp³-hybridized carbons (Fsp3) is 0.333. The zero-order valence-electron chi connectivity index (χ0n) is 7.52. The molecule has 1 aromatic carbocycles. The van der Waals surface area contributed by atoms with Gasteiger partial charge in [-0.25, -0.2) is 0 Å². The molecule has 12 heavy (non-hydrogen) atoms. The Morgan fingerprint density at radius 3 is 3.08 bits per heavy atom. The van der Waals surface area contributed by atoms with Gasteiger partial charge in [-0.15, -0.1) is 0 Å². The van der Waals surface area contributed by atoms with Gasteiger partial charge in [0.15, 0.2) is 0 Å². The Morgan fingerprint density at radius 2 is 2.25 bits per heavy atom. The van der Waals surface area contributed by atoms with Gasteiger partial charge in [-0.3, -0.25) is 0 Å². The third-order valence-corrected chi connectivity index (χ3v) is 2.24. The molecule has 0 heterocycles. The lowest BCUT2D eigenvalue weighted by Gasteiger charge is -2.12. The molecule has 1 unspecified atom stereocenters. The Hall–Kier alpha value is -1.22. The minimum atomic E-state index is 0.528. The van der Waals surface area contributed by atoms with Crippen LogP contribution in [0, 0.1) is 24.7 Å². The summed E-state index contributed by atoms with van der Waals surface area (Å²) in [4.78, 5) is 0. The van der Waals surface area contributed by atoms with E-state index in [1.165, 1.54) is 16.7 Å². The van der Waals surface area contributed by atoms with Gasteiger partial charge in [-0.2, -0.15) is 0 Å². The predicted octanol–water partition coefficient (Wildman–Crippen LogP) is 2.54. The molecule has 1 aromatic rings. The molecule has 0 saturated carbocycles. The van der Waals surface area contributed by atoms with Crippen molar-refractivity contribution in [3.8, 4) is 11.8 Å². The smallest absolute Gasteiger partial charge is 0.0280 e. The van der Waals surface area contributed by atoms with Crippen LogP contribution in [-0.2, 0) is 6.42 Å². The van der Waals surface area contributed by atoms with Crippen LogP contribution in [0.1, 0.15) is 23.6 Å². The number of hydrogen-bond acceptors (Lipinski definition) is 0. The van der Waals surface area contributed by atoms with Crippen molar-refractivity contribution >= 4 is 0 Å². The second-order valence-electron chi connectivity index (χ2n) is 3.54. The van der Waals surface area contributed by atoms with E-state index in [1.54, 1.807) is 0 Å². The number of rotatable bonds is 0. The summed E-state index contributed by atoms with van der Waals surface area (Å²) in [6, 6.07) is 6.54. The minimum absolute atomic E-state index is 0.528. The van der Waals surface area contributed by atoms with E-state index in [9.17, 15) is 0 Å². The molecule has 0 fully saturated rings. The van der Waals surface area contributed by atoms with Crippen LogP contribution in [-0.4, -0.2) is 0 Å². The van der Waals surface area contributed by atoms with E-state index in [1.807, 2.05) is 0 Å². The van der Waals surface area contributed by atoms with E-state index in [-0.39, 0.29) is 0 Å². The highest BCUT2D eigenvalue weighted by molar-refractivity contribution is 5.46. The molecular formula is C12H12. The average Bonchev–Trinajstić information content (AvgIpc) is 2.05. The number of fused-ring (bicyclic) bond motifs is 1. The molecule has 0 heteroatoms. The highest BCUT2D eigenvalue weighted by Crippen LogP contribution is 2.18. The molecule has 0 nitrogen and oxygen atoms in total. The second-order valence-corrected chi connectivity index (χ2v) is 3.54. The normalized spacial score (nSPS) is 19.3. The molecule has 0 saturated heterocycles. The predicted molar refractivity (Wildman–Crippen MR) is 50.9 cm³/mol. The van der Waals surface area contributed by atoms with E-state index in [0.717, 1.165) is 6.42 Å². The molecule has 0 bridgehead atoms. The lowest BCUT2D eigenvalue weighted by Crippen LogP contribution is -2.03. The largest absolute Gasteiger partial charge is 0.0944 e. The van der Waals surface area contributed by atoms with Crippen molar-refractivity contribution in [2.75, 3.05) is 0 Å². The first-order chi connectivity index (χ1) is 5.75. The lowest BCUT2D eigenvalue weighted by molar-refractivity contribution is 0.741. The van der Waals surface area contributed by atoms with Gasteiger partial charge in [0, 0.05) is 11.5 Å². The lowest BCUT2D eigenvalue weighted by atomic mass is 9.92. The van der Waals surface area contributed by atoms with Gasteiger partial charge in [-0.05, 0) is 30.5 Å². The first-order valence-electron chi connectivity index (χ1n) is 4.37. The van der Waals surface area contributed by atoms with Crippen molar-refractivity contribution in [2.45, 2.75) is 20.3 Å². The molecule has 0 aromatic heterocycles. The van der Waals surface area contributed by atoms with Crippen LogP contribution >= 0.6 is 0 Å². The summed E-state index contributed by atoms with van der Waals surface area (Å²) in [5.41, 5.74) is 3.94. The molecule has 0 radical (unpaired) electrons. The minimum Gasteiger partial charge on any atom is -0.0944 e. The summed E-state index contributed by atoms with van der Waals surface area (Å²) in [5, 5.41) is 0. The van der Waals surface area contributed by atoms with E-state index < -0.39 is 0 Å². The molecule has 1 atom stereocenters. The Morgan fingerprint density at radius 1 is 1.42 bits per heavy atom. The quantitative estimate of drug-likeness (QED) is 0.506. The maximum absolute atomic E-state index is 3.22. The molecule has 0 spiro atoms. The Balaban J connectivity index is 2.52. The molecule has 0 aliphatic heterocycles. The maximum Gasteiger partial charge on any atom is 0.0280 e. The summed E-state index contributed by atoms with van der Waals surface area (Å²) in [6.07, 6.45) is 1.11. The van der Waals surface area contributed by atoms with Crippen LogP contribution in [0.4, 0.5) is 0 Å². The van der Waals surface area contributed by atoms with Crippen LogP contribution in [0.5, 0.6) is 0 Å². The van der Waals surface area contributed by atoms with Crippen molar-refractivity contribution in [2.24, 2.45) is 5.92 Å². The van der Waals surface area contributed by atoms with Crippen molar-refractivity contribution < 1.29 is 0 Å². The van der Waals surface area contributed by atoms with Crippen molar-refractivity contribution in [1.29, 1.82) is 0 Å². The monoisotopic (exact) mass is 156 g/mol. The Labute approximate surface area is 73.6 Å². The van der Waals surface area contributed by atoms with Gasteiger partial charge in [0.1, 0.15) is 0 Å². The third-order valence-electron chi connectivity index (χ3n) is 2.24. The standard InChI is InChI=1S/C12H12/c1-9-3-5-12-8-10(2)4-6-11(12)7-9/h3,5,7,10H,8H2,1-2H3. The van der Waals surface area contributed by atoms with Crippen LogP contribution in [0.25, 0.3) is 0 Å². The number of aryl methyl sites for hydroxylation is 1.